The molecule has 0 spiro atoms. The van der Waals surface area contributed by atoms with Gasteiger partial charge in [0.15, 0.2) is 0 Å². The van der Waals surface area contributed by atoms with Crippen LogP contribution in [-0.2, 0) is 11.3 Å². The molecular weight excluding hydrogens is 372 g/mol. The Morgan fingerprint density at radius 1 is 0.967 bits per heavy atom. The van der Waals surface area contributed by atoms with Crippen molar-refractivity contribution in [1.29, 1.82) is 0 Å². The number of aryl methyl sites for hydroxylation is 1. The van der Waals surface area contributed by atoms with E-state index < -0.39 is 0 Å². The number of para-hydroxylation sites is 2. The van der Waals surface area contributed by atoms with Crippen molar-refractivity contribution in [3.05, 3.63) is 95.7 Å². The van der Waals surface area contributed by atoms with Crippen LogP contribution < -0.4 is 10.1 Å². The molecule has 0 saturated carbocycles. The van der Waals surface area contributed by atoms with E-state index >= 15 is 0 Å². The summed E-state index contributed by atoms with van der Waals surface area (Å²) in [5, 5.41) is 4.07. The van der Waals surface area contributed by atoms with Crippen LogP contribution in [-0.4, -0.2) is 17.1 Å². The van der Waals surface area contributed by atoms with Gasteiger partial charge in [-0.2, -0.15) is 0 Å². The lowest BCUT2D eigenvalue weighted by molar-refractivity contribution is -0.110. The first-order valence-corrected chi connectivity index (χ1v) is 10.1. The highest BCUT2D eigenvalue weighted by atomic mass is 16.5. The van der Waals surface area contributed by atoms with E-state index in [-0.39, 0.29) is 5.91 Å². The van der Waals surface area contributed by atoms with Crippen LogP contribution in [0.5, 0.6) is 5.75 Å². The Morgan fingerprint density at radius 3 is 2.60 bits per heavy atom. The van der Waals surface area contributed by atoms with Crippen LogP contribution in [0, 0.1) is 6.92 Å². The minimum atomic E-state index is -0.0595. The highest BCUT2D eigenvalue weighted by molar-refractivity contribution is 6.35. The van der Waals surface area contributed by atoms with Crippen LogP contribution >= 0.6 is 0 Å². The molecule has 1 aliphatic rings. The molecule has 0 aliphatic carbocycles. The molecule has 1 aromatic heterocycles. The maximum atomic E-state index is 12.5. The van der Waals surface area contributed by atoms with Gasteiger partial charge in [0, 0.05) is 39.5 Å². The van der Waals surface area contributed by atoms with Crippen LogP contribution in [0.25, 0.3) is 22.6 Å². The second-order valence-electron chi connectivity index (χ2n) is 7.51. The summed E-state index contributed by atoms with van der Waals surface area (Å²) in [4.78, 5) is 12.5. The minimum absolute atomic E-state index is 0.0595. The quantitative estimate of drug-likeness (QED) is 0.453. The number of benzene rings is 3. The van der Waals surface area contributed by atoms with E-state index in [1.807, 2.05) is 54.6 Å². The standard InChI is InChI=1S/C26H22N2O2/c1-18-10-12-20(13-11-18)30-15-14-28-17-19(21-6-3-5-9-25(21)28)16-23-22-7-2-4-8-24(22)27-26(23)29/h2-13,16-17H,14-15H2,1H3,(H,27,29)/b23-16+. The number of nitrogens with zero attached hydrogens (tertiary/aromatic N) is 1. The zero-order valence-corrected chi connectivity index (χ0v) is 16.8. The predicted molar refractivity (Wildman–Crippen MR) is 122 cm³/mol. The van der Waals surface area contributed by atoms with Gasteiger partial charge >= 0.3 is 0 Å². The lowest BCUT2D eigenvalue weighted by atomic mass is 10.0. The summed E-state index contributed by atoms with van der Waals surface area (Å²) in [7, 11) is 0. The maximum Gasteiger partial charge on any atom is 0.256 e. The molecule has 148 valence electrons. The van der Waals surface area contributed by atoms with Gasteiger partial charge in [0.25, 0.3) is 5.91 Å². The fourth-order valence-electron chi connectivity index (χ4n) is 3.91. The van der Waals surface area contributed by atoms with Gasteiger partial charge in [0.1, 0.15) is 12.4 Å². The van der Waals surface area contributed by atoms with Crippen molar-refractivity contribution in [3.63, 3.8) is 0 Å². The molecule has 4 heteroatoms. The molecule has 1 N–H and O–H groups in total. The zero-order valence-electron chi connectivity index (χ0n) is 16.8. The highest BCUT2D eigenvalue weighted by Crippen LogP contribution is 2.34. The number of rotatable bonds is 5. The second kappa shape index (κ2) is 7.56. The third-order valence-electron chi connectivity index (χ3n) is 5.45. The molecule has 0 fully saturated rings. The van der Waals surface area contributed by atoms with E-state index in [1.165, 1.54) is 5.56 Å². The summed E-state index contributed by atoms with van der Waals surface area (Å²) in [6.07, 6.45) is 4.09. The van der Waals surface area contributed by atoms with Crippen LogP contribution in [0.3, 0.4) is 0 Å². The Balaban J connectivity index is 1.44. The van der Waals surface area contributed by atoms with Crippen molar-refractivity contribution in [2.75, 3.05) is 11.9 Å². The first-order valence-electron chi connectivity index (χ1n) is 10.1. The van der Waals surface area contributed by atoms with Crippen molar-refractivity contribution in [3.8, 4) is 5.75 Å². The number of anilines is 1. The molecule has 3 aromatic carbocycles. The van der Waals surface area contributed by atoms with Gasteiger partial charge in [-0.05, 0) is 37.3 Å². The Bertz CT molecular complexity index is 1270. The van der Waals surface area contributed by atoms with Gasteiger partial charge < -0.3 is 14.6 Å². The van der Waals surface area contributed by atoms with Crippen molar-refractivity contribution in [2.45, 2.75) is 13.5 Å². The Kier molecular flexibility index (Phi) is 4.60. The Labute approximate surface area is 175 Å². The number of fused-ring (bicyclic) bond motifs is 2. The van der Waals surface area contributed by atoms with E-state index in [1.54, 1.807) is 0 Å². The van der Waals surface area contributed by atoms with Crippen LogP contribution in [0.2, 0.25) is 0 Å². The molecule has 0 radical (unpaired) electrons. The Hall–Kier alpha value is -3.79. The number of hydrogen-bond donors (Lipinski definition) is 1. The summed E-state index contributed by atoms with van der Waals surface area (Å²) >= 11 is 0. The second-order valence-corrected chi connectivity index (χ2v) is 7.51. The van der Waals surface area contributed by atoms with E-state index in [4.69, 9.17) is 4.74 Å². The van der Waals surface area contributed by atoms with Gasteiger partial charge in [-0.3, -0.25) is 4.79 Å². The molecule has 0 saturated heterocycles. The number of hydrogen-bond acceptors (Lipinski definition) is 2. The SMILES string of the molecule is Cc1ccc(OCCn2cc(/C=C3/C(=O)Nc4ccccc43)c3ccccc32)cc1. The smallest absolute Gasteiger partial charge is 0.256 e. The number of amides is 1. The summed E-state index contributed by atoms with van der Waals surface area (Å²) in [6, 6.07) is 24.2. The molecular formula is C26H22N2O2. The first kappa shape index (κ1) is 18.3. The molecule has 0 atom stereocenters. The molecule has 30 heavy (non-hydrogen) atoms. The van der Waals surface area contributed by atoms with E-state index in [0.717, 1.165) is 40.0 Å². The molecule has 1 aliphatic heterocycles. The predicted octanol–water partition coefficient (Wildman–Crippen LogP) is 5.52. The third-order valence-corrected chi connectivity index (χ3v) is 5.45. The van der Waals surface area contributed by atoms with Crippen molar-refractivity contribution in [1.82, 2.24) is 4.57 Å². The average Bonchev–Trinajstić information content (AvgIpc) is 3.27. The van der Waals surface area contributed by atoms with Crippen molar-refractivity contribution >= 4 is 34.1 Å². The van der Waals surface area contributed by atoms with E-state index in [2.05, 4.69) is 47.3 Å². The third kappa shape index (κ3) is 3.37. The molecule has 4 nitrogen and oxygen atoms in total. The fourth-order valence-corrected chi connectivity index (χ4v) is 3.91. The zero-order chi connectivity index (χ0) is 20.5. The molecule has 2 heterocycles. The summed E-state index contributed by atoms with van der Waals surface area (Å²) in [5.41, 5.74) is 5.88. The van der Waals surface area contributed by atoms with Gasteiger partial charge in [-0.1, -0.05) is 54.1 Å². The van der Waals surface area contributed by atoms with Crippen LogP contribution in [0.1, 0.15) is 16.7 Å². The lowest BCUT2D eigenvalue weighted by Gasteiger charge is -2.08. The average molecular weight is 394 g/mol. The monoisotopic (exact) mass is 394 g/mol. The van der Waals surface area contributed by atoms with Crippen molar-refractivity contribution < 1.29 is 9.53 Å². The largest absolute Gasteiger partial charge is 0.492 e. The van der Waals surface area contributed by atoms with Gasteiger partial charge in [-0.15, -0.1) is 0 Å². The maximum absolute atomic E-state index is 12.5. The van der Waals surface area contributed by atoms with Gasteiger partial charge in [0.05, 0.1) is 6.54 Å². The number of nitrogens with one attached hydrogen (secondary N) is 1. The normalized spacial score (nSPS) is 14.2. The van der Waals surface area contributed by atoms with E-state index in [9.17, 15) is 4.79 Å². The van der Waals surface area contributed by atoms with Crippen LogP contribution in [0.4, 0.5) is 5.69 Å². The van der Waals surface area contributed by atoms with Crippen molar-refractivity contribution in [2.24, 2.45) is 0 Å². The highest BCUT2D eigenvalue weighted by Gasteiger charge is 2.23. The molecule has 1 amide bonds. The molecule has 4 aromatic rings. The molecule has 0 bridgehead atoms. The van der Waals surface area contributed by atoms with Gasteiger partial charge in [0.2, 0.25) is 0 Å². The molecule has 5 rings (SSSR count). The summed E-state index contributed by atoms with van der Waals surface area (Å²) in [6.45, 7) is 3.36. The van der Waals surface area contributed by atoms with Crippen LogP contribution in [0.15, 0.2) is 79.0 Å². The fraction of sp³-hybridized carbons (Fsp3) is 0.115. The number of aromatic nitrogens is 1. The van der Waals surface area contributed by atoms with Gasteiger partial charge in [-0.25, -0.2) is 0 Å². The summed E-state index contributed by atoms with van der Waals surface area (Å²) in [5.74, 6) is 0.814. The lowest BCUT2D eigenvalue weighted by Crippen LogP contribution is -2.07. The van der Waals surface area contributed by atoms with E-state index in [0.29, 0.717) is 12.2 Å². The number of carbonyl (C=O) groups excluding carboxylic acids is 1. The first-order chi connectivity index (χ1) is 14.7. The summed E-state index contributed by atoms with van der Waals surface area (Å²) < 4.78 is 8.11. The number of ether oxygens (including phenoxy) is 1. The Morgan fingerprint density at radius 2 is 1.73 bits per heavy atom. The number of carbonyl (C=O) groups is 1. The minimum Gasteiger partial charge on any atom is -0.492 e. The molecule has 0 unspecified atom stereocenters. The topological polar surface area (TPSA) is 43.3 Å².